The van der Waals surface area contributed by atoms with Crippen LogP contribution in [0, 0.1) is 0 Å². The Morgan fingerprint density at radius 2 is 1.07 bits per heavy atom. The molecule has 0 atom stereocenters. The van der Waals surface area contributed by atoms with Gasteiger partial charge in [0.2, 0.25) is 0 Å². The monoisotopic (exact) mass is 595 g/mol. The van der Waals surface area contributed by atoms with E-state index in [1.807, 2.05) is 0 Å². The minimum atomic E-state index is -5.00. The summed E-state index contributed by atoms with van der Waals surface area (Å²) >= 11 is 0. The number of carbonyl (C=O) groups excluding carboxylic acids is 3. The molecule has 0 saturated heterocycles. The summed E-state index contributed by atoms with van der Waals surface area (Å²) in [7, 11) is -9.90. The molecule has 0 saturated carbocycles. The molecule has 0 spiro atoms. The minimum absolute atomic E-state index is 0.176. The molecule has 3 amide bonds. The third-order valence-corrected chi connectivity index (χ3v) is 7.39. The first-order valence-corrected chi connectivity index (χ1v) is 14.5. The Kier molecular flexibility index (Phi) is 8.30. The number of hydrogen-bond donors (Lipinski definition) is 5. The van der Waals surface area contributed by atoms with E-state index in [0.717, 1.165) is 30.3 Å². The maximum absolute atomic E-state index is 13.0. The van der Waals surface area contributed by atoms with Crippen molar-refractivity contribution in [1.82, 2.24) is 0 Å². The van der Waals surface area contributed by atoms with Gasteiger partial charge in [-0.05, 0) is 60.7 Å². The van der Waals surface area contributed by atoms with E-state index in [9.17, 15) is 40.3 Å². The summed E-state index contributed by atoms with van der Waals surface area (Å²) < 4.78 is 67.7. The van der Waals surface area contributed by atoms with Gasteiger partial charge in [0.1, 0.15) is 9.79 Å². The van der Waals surface area contributed by atoms with Crippen molar-refractivity contribution in [3.8, 4) is 0 Å². The number of benzene rings is 4. The first kappa shape index (κ1) is 29.1. The van der Waals surface area contributed by atoms with Gasteiger partial charge >= 0.3 is 0 Å². The molecule has 0 aliphatic rings. The Morgan fingerprint density at radius 3 is 1.68 bits per heavy atom. The zero-order valence-corrected chi connectivity index (χ0v) is 22.4. The molecule has 4 aromatic carbocycles. The summed E-state index contributed by atoms with van der Waals surface area (Å²) in [6.45, 7) is 0. The van der Waals surface area contributed by atoms with Gasteiger partial charge in [-0.3, -0.25) is 23.5 Å². The molecule has 0 aliphatic heterocycles. The number of para-hydroxylation sites is 1. The van der Waals surface area contributed by atoms with Crippen LogP contribution in [0.5, 0.6) is 0 Å². The van der Waals surface area contributed by atoms with Gasteiger partial charge in [-0.2, -0.15) is 16.8 Å². The van der Waals surface area contributed by atoms with E-state index in [2.05, 4.69) is 16.0 Å². The van der Waals surface area contributed by atoms with Crippen molar-refractivity contribution >= 4 is 55.0 Å². The number of anilines is 3. The normalized spacial score (nSPS) is 11.4. The third kappa shape index (κ3) is 7.20. The molecule has 14 heteroatoms. The Balaban J connectivity index is 1.62. The number of amides is 3. The van der Waals surface area contributed by atoms with E-state index < -0.39 is 53.3 Å². The van der Waals surface area contributed by atoms with E-state index in [4.69, 9.17) is 0 Å². The van der Waals surface area contributed by atoms with Crippen LogP contribution in [0.4, 0.5) is 17.1 Å². The van der Waals surface area contributed by atoms with Gasteiger partial charge in [0.05, 0.1) is 11.3 Å². The van der Waals surface area contributed by atoms with E-state index in [1.165, 1.54) is 18.2 Å². The minimum Gasteiger partial charge on any atom is -0.322 e. The van der Waals surface area contributed by atoms with Crippen LogP contribution in [0.1, 0.15) is 31.1 Å². The number of carbonyl (C=O) groups is 3. The fourth-order valence-corrected chi connectivity index (χ4v) is 5.08. The molecule has 0 radical (unpaired) electrons. The lowest BCUT2D eigenvalue weighted by molar-refractivity contribution is 0.101. The van der Waals surface area contributed by atoms with Crippen LogP contribution < -0.4 is 16.0 Å². The molecule has 0 aliphatic carbocycles. The highest BCUT2D eigenvalue weighted by Gasteiger charge is 2.24. The lowest BCUT2D eigenvalue weighted by Gasteiger charge is -2.13. The molecular formula is C27H21N3O9S2. The highest BCUT2D eigenvalue weighted by Crippen LogP contribution is 2.27. The number of rotatable bonds is 8. The second kappa shape index (κ2) is 11.7. The molecule has 4 aromatic rings. The molecule has 0 heterocycles. The SMILES string of the molecule is O=C(Nc1ccccc1)c1ccc(C(=O)Nc2ccc(NC(=O)c3ccccc3)c(S(=O)(=O)O)c2)c(S(=O)(=O)O)c1. The first-order valence-electron chi connectivity index (χ1n) is 11.6. The smallest absolute Gasteiger partial charge is 0.296 e. The molecular weight excluding hydrogens is 574 g/mol. The highest BCUT2D eigenvalue weighted by molar-refractivity contribution is 7.86. The summed E-state index contributed by atoms with van der Waals surface area (Å²) in [5.41, 5.74) is -0.585. The van der Waals surface area contributed by atoms with Gasteiger partial charge in [-0.15, -0.1) is 0 Å². The average Bonchev–Trinajstić information content (AvgIpc) is 2.93. The van der Waals surface area contributed by atoms with Gasteiger partial charge in [0.15, 0.2) is 0 Å². The second-order valence-corrected chi connectivity index (χ2v) is 11.2. The predicted molar refractivity (Wildman–Crippen MR) is 149 cm³/mol. The lowest BCUT2D eigenvalue weighted by Crippen LogP contribution is -2.19. The molecule has 41 heavy (non-hydrogen) atoms. The Morgan fingerprint density at radius 1 is 0.512 bits per heavy atom. The maximum Gasteiger partial charge on any atom is 0.296 e. The molecule has 210 valence electrons. The predicted octanol–water partition coefficient (Wildman–Crippen LogP) is 3.94. The Hall–Kier alpha value is -4.89. The van der Waals surface area contributed by atoms with Crippen molar-refractivity contribution in [1.29, 1.82) is 0 Å². The first-order chi connectivity index (χ1) is 19.3. The summed E-state index contributed by atoms with van der Waals surface area (Å²) in [4.78, 5) is 36.4. The molecule has 4 rings (SSSR count). The molecule has 0 aromatic heterocycles. The van der Waals surface area contributed by atoms with Crippen LogP contribution in [0.2, 0.25) is 0 Å². The summed E-state index contributed by atoms with van der Waals surface area (Å²) in [6.07, 6.45) is 0. The topological polar surface area (TPSA) is 196 Å². The Labute approximate surface area is 234 Å². The van der Waals surface area contributed by atoms with E-state index >= 15 is 0 Å². The molecule has 0 unspecified atom stereocenters. The van der Waals surface area contributed by atoms with Crippen LogP contribution in [0.15, 0.2) is 107 Å². The van der Waals surface area contributed by atoms with Crippen molar-refractivity contribution in [2.24, 2.45) is 0 Å². The fraction of sp³-hybridized carbons (Fsp3) is 0. The van der Waals surface area contributed by atoms with Crippen LogP contribution in [0.25, 0.3) is 0 Å². The standard InChI is InChI=1S/C27H21N3O9S2/c31-25(17-7-3-1-4-8-17)30-22-14-12-20(16-24(22)41(37,38)39)29-27(33)21-13-11-18(15-23(21)40(34,35)36)26(32)28-19-9-5-2-6-10-19/h1-16H,(H,28,32)(H,29,33)(H,30,31)(H,34,35,36)(H,37,38,39). The molecule has 5 N–H and O–H groups in total. The van der Waals surface area contributed by atoms with Gasteiger partial charge < -0.3 is 16.0 Å². The largest absolute Gasteiger partial charge is 0.322 e. The number of nitrogens with one attached hydrogen (secondary N) is 3. The summed E-state index contributed by atoms with van der Waals surface area (Å²) in [5, 5.41) is 7.20. The molecule has 0 fully saturated rings. The van der Waals surface area contributed by atoms with Crippen LogP contribution in [-0.4, -0.2) is 43.7 Å². The van der Waals surface area contributed by atoms with Gasteiger partial charge in [-0.25, -0.2) is 0 Å². The second-order valence-electron chi connectivity index (χ2n) is 8.47. The summed E-state index contributed by atoms with van der Waals surface area (Å²) in [5.74, 6) is -2.46. The maximum atomic E-state index is 13.0. The van der Waals surface area contributed by atoms with E-state index in [0.29, 0.717) is 5.69 Å². The zero-order chi connectivity index (χ0) is 29.8. The highest BCUT2D eigenvalue weighted by atomic mass is 32.2. The average molecular weight is 596 g/mol. The fourth-order valence-electron chi connectivity index (χ4n) is 3.69. The van der Waals surface area contributed by atoms with Crippen LogP contribution in [0.3, 0.4) is 0 Å². The van der Waals surface area contributed by atoms with Crippen molar-refractivity contribution in [2.75, 3.05) is 16.0 Å². The van der Waals surface area contributed by atoms with Crippen molar-refractivity contribution in [2.45, 2.75) is 9.79 Å². The van der Waals surface area contributed by atoms with E-state index in [1.54, 1.807) is 48.5 Å². The Bertz CT molecular complexity index is 1860. The quantitative estimate of drug-likeness (QED) is 0.187. The van der Waals surface area contributed by atoms with Crippen LogP contribution in [-0.2, 0) is 20.2 Å². The molecule has 0 bridgehead atoms. The van der Waals surface area contributed by atoms with Gasteiger partial charge in [0.25, 0.3) is 38.0 Å². The number of hydrogen-bond acceptors (Lipinski definition) is 7. The van der Waals surface area contributed by atoms with Gasteiger partial charge in [0, 0.05) is 22.5 Å². The van der Waals surface area contributed by atoms with Crippen molar-refractivity contribution in [3.05, 3.63) is 114 Å². The third-order valence-electron chi connectivity index (χ3n) is 5.60. The van der Waals surface area contributed by atoms with Crippen molar-refractivity contribution in [3.63, 3.8) is 0 Å². The van der Waals surface area contributed by atoms with E-state index in [-0.39, 0.29) is 22.5 Å². The zero-order valence-electron chi connectivity index (χ0n) is 20.8. The molecule has 12 nitrogen and oxygen atoms in total. The van der Waals surface area contributed by atoms with Crippen molar-refractivity contribution < 1.29 is 40.3 Å². The lowest BCUT2D eigenvalue weighted by atomic mass is 10.1. The summed E-state index contributed by atoms with van der Waals surface area (Å²) in [6, 6.07) is 22.2. The van der Waals surface area contributed by atoms with Crippen LogP contribution >= 0.6 is 0 Å². The van der Waals surface area contributed by atoms with Gasteiger partial charge in [-0.1, -0.05) is 36.4 Å².